The number of methoxy groups -OCH3 is 1. The SMILES string of the molecule is CN=C(NCc1sc(C)nc1C)N(C)Cc1ccc(OC)cc1.I. The molecule has 132 valence electrons. The number of nitrogens with one attached hydrogen (secondary N) is 1. The molecule has 2 rings (SSSR count). The van der Waals surface area contributed by atoms with Crippen LogP contribution in [0.25, 0.3) is 0 Å². The van der Waals surface area contributed by atoms with Gasteiger partial charge in [-0.15, -0.1) is 35.3 Å². The number of halogens is 1. The number of thiazole rings is 1. The highest BCUT2D eigenvalue weighted by Crippen LogP contribution is 2.17. The van der Waals surface area contributed by atoms with Gasteiger partial charge < -0.3 is 15.0 Å². The smallest absolute Gasteiger partial charge is 0.193 e. The molecule has 0 aliphatic rings. The Morgan fingerprint density at radius 2 is 1.96 bits per heavy atom. The maximum absolute atomic E-state index is 5.19. The maximum Gasteiger partial charge on any atom is 0.193 e. The minimum atomic E-state index is 0. The Hall–Kier alpha value is -1.35. The molecule has 0 atom stereocenters. The molecular weight excluding hydrogens is 435 g/mol. The van der Waals surface area contributed by atoms with E-state index < -0.39 is 0 Å². The van der Waals surface area contributed by atoms with E-state index in [4.69, 9.17) is 4.74 Å². The number of benzene rings is 1. The van der Waals surface area contributed by atoms with Crippen LogP contribution in [0.1, 0.15) is 21.1 Å². The van der Waals surface area contributed by atoms with Crippen molar-refractivity contribution in [2.45, 2.75) is 26.9 Å². The number of hydrogen-bond acceptors (Lipinski definition) is 4. The second-order valence-electron chi connectivity index (χ2n) is 5.35. The number of aryl methyl sites for hydroxylation is 2. The lowest BCUT2D eigenvalue weighted by atomic mass is 10.2. The quantitative estimate of drug-likeness (QED) is 0.421. The molecule has 1 N–H and O–H groups in total. The van der Waals surface area contributed by atoms with Crippen molar-refractivity contribution in [1.82, 2.24) is 15.2 Å². The molecule has 1 aromatic carbocycles. The summed E-state index contributed by atoms with van der Waals surface area (Å²) in [6, 6.07) is 8.09. The number of nitrogens with zero attached hydrogens (tertiary/aromatic N) is 3. The molecule has 0 aliphatic carbocycles. The second kappa shape index (κ2) is 9.83. The lowest BCUT2D eigenvalue weighted by molar-refractivity contribution is 0.414. The minimum absolute atomic E-state index is 0. The van der Waals surface area contributed by atoms with E-state index in [1.54, 1.807) is 25.5 Å². The molecule has 0 amide bonds. The Morgan fingerprint density at radius 1 is 1.29 bits per heavy atom. The number of aliphatic imine (C=N–C) groups is 1. The van der Waals surface area contributed by atoms with E-state index in [1.165, 1.54) is 10.4 Å². The van der Waals surface area contributed by atoms with Gasteiger partial charge in [-0.05, 0) is 31.5 Å². The first-order valence-corrected chi connectivity index (χ1v) is 8.32. The molecule has 0 radical (unpaired) electrons. The van der Waals surface area contributed by atoms with Crippen molar-refractivity contribution in [1.29, 1.82) is 0 Å². The lowest BCUT2D eigenvalue weighted by Crippen LogP contribution is -2.38. The zero-order chi connectivity index (χ0) is 16.8. The number of ether oxygens (including phenoxy) is 1. The third kappa shape index (κ3) is 5.62. The predicted molar refractivity (Wildman–Crippen MR) is 112 cm³/mol. The molecule has 0 spiro atoms. The van der Waals surface area contributed by atoms with Crippen LogP contribution in [0.5, 0.6) is 5.75 Å². The van der Waals surface area contributed by atoms with Crippen LogP contribution in [0.3, 0.4) is 0 Å². The van der Waals surface area contributed by atoms with Gasteiger partial charge in [0.05, 0.1) is 24.4 Å². The van der Waals surface area contributed by atoms with E-state index in [2.05, 4.69) is 32.3 Å². The molecule has 1 aromatic heterocycles. The summed E-state index contributed by atoms with van der Waals surface area (Å²) in [4.78, 5) is 12.2. The third-order valence-electron chi connectivity index (χ3n) is 3.56. The molecule has 0 saturated carbocycles. The lowest BCUT2D eigenvalue weighted by Gasteiger charge is -2.22. The van der Waals surface area contributed by atoms with Gasteiger partial charge in [0, 0.05) is 25.5 Å². The minimum Gasteiger partial charge on any atom is -0.497 e. The molecule has 0 fully saturated rings. The fourth-order valence-corrected chi connectivity index (χ4v) is 3.24. The molecule has 1 heterocycles. The molecule has 0 unspecified atom stereocenters. The van der Waals surface area contributed by atoms with E-state index in [0.717, 1.165) is 35.5 Å². The first-order chi connectivity index (χ1) is 11.0. The summed E-state index contributed by atoms with van der Waals surface area (Å²) in [7, 11) is 5.51. The first-order valence-electron chi connectivity index (χ1n) is 7.51. The van der Waals surface area contributed by atoms with Crippen LogP contribution in [0.15, 0.2) is 29.3 Å². The fraction of sp³-hybridized carbons (Fsp3) is 0.412. The molecular formula is C17H25IN4OS. The van der Waals surface area contributed by atoms with Gasteiger partial charge in [0.1, 0.15) is 5.75 Å². The molecule has 7 heteroatoms. The summed E-state index contributed by atoms with van der Waals surface area (Å²) in [6.07, 6.45) is 0. The highest BCUT2D eigenvalue weighted by Gasteiger charge is 2.09. The Balaban J connectivity index is 0.00000288. The molecule has 2 aromatic rings. The average molecular weight is 460 g/mol. The van der Waals surface area contributed by atoms with E-state index >= 15 is 0 Å². The van der Waals surface area contributed by atoms with Crippen LogP contribution in [0, 0.1) is 13.8 Å². The summed E-state index contributed by atoms with van der Waals surface area (Å²) in [5.74, 6) is 1.74. The number of aromatic nitrogens is 1. The summed E-state index contributed by atoms with van der Waals surface area (Å²) in [5.41, 5.74) is 2.30. The third-order valence-corrected chi connectivity index (χ3v) is 4.63. The highest BCUT2D eigenvalue weighted by atomic mass is 127. The Bertz CT molecular complexity index is 670. The van der Waals surface area contributed by atoms with Gasteiger partial charge in [-0.2, -0.15) is 0 Å². The fourth-order valence-electron chi connectivity index (χ4n) is 2.36. The Kier molecular flexibility index (Phi) is 8.47. The highest BCUT2D eigenvalue weighted by molar-refractivity contribution is 14.0. The van der Waals surface area contributed by atoms with Crippen molar-refractivity contribution in [3.8, 4) is 5.75 Å². The van der Waals surface area contributed by atoms with Crippen LogP contribution in [-0.2, 0) is 13.1 Å². The van der Waals surface area contributed by atoms with E-state index in [0.29, 0.717) is 0 Å². The molecule has 0 aliphatic heterocycles. The summed E-state index contributed by atoms with van der Waals surface area (Å²) in [6.45, 7) is 5.61. The summed E-state index contributed by atoms with van der Waals surface area (Å²) in [5, 5.41) is 4.50. The van der Waals surface area contributed by atoms with Crippen LogP contribution < -0.4 is 10.1 Å². The zero-order valence-electron chi connectivity index (χ0n) is 14.8. The normalized spacial score (nSPS) is 11.0. The van der Waals surface area contributed by atoms with Gasteiger partial charge in [0.15, 0.2) is 5.96 Å². The number of rotatable bonds is 5. The van der Waals surface area contributed by atoms with Crippen molar-refractivity contribution >= 4 is 41.3 Å². The van der Waals surface area contributed by atoms with Gasteiger partial charge in [0.25, 0.3) is 0 Å². The van der Waals surface area contributed by atoms with E-state index in [-0.39, 0.29) is 24.0 Å². The van der Waals surface area contributed by atoms with Crippen molar-refractivity contribution in [3.05, 3.63) is 45.4 Å². The van der Waals surface area contributed by atoms with Crippen LogP contribution >= 0.6 is 35.3 Å². The molecule has 5 nitrogen and oxygen atoms in total. The Labute approximate surface area is 165 Å². The Morgan fingerprint density at radius 3 is 2.46 bits per heavy atom. The monoisotopic (exact) mass is 460 g/mol. The van der Waals surface area contributed by atoms with Gasteiger partial charge in [-0.1, -0.05) is 12.1 Å². The van der Waals surface area contributed by atoms with Crippen LogP contribution in [-0.4, -0.2) is 37.0 Å². The topological polar surface area (TPSA) is 49.8 Å². The summed E-state index contributed by atoms with van der Waals surface area (Å²) < 4.78 is 5.19. The number of guanidine groups is 1. The van der Waals surface area contributed by atoms with Crippen LogP contribution in [0.4, 0.5) is 0 Å². The number of hydrogen-bond donors (Lipinski definition) is 1. The van der Waals surface area contributed by atoms with Crippen molar-refractivity contribution in [2.24, 2.45) is 4.99 Å². The van der Waals surface area contributed by atoms with Gasteiger partial charge >= 0.3 is 0 Å². The van der Waals surface area contributed by atoms with E-state index in [9.17, 15) is 0 Å². The summed E-state index contributed by atoms with van der Waals surface area (Å²) >= 11 is 1.73. The van der Waals surface area contributed by atoms with Gasteiger partial charge in [0.2, 0.25) is 0 Å². The van der Waals surface area contributed by atoms with Crippen molar-refractivity contribution in [2.75, 3.05) is 21.2 Å². The van der Waals surface area contributed by atoms with Crippen molar-refractivity contribution in [3.63, 3.8) is 0 Å². The molecule has 0 bridgehead atoms. The molecule has 0 saturated heterocycles. The molecule has 24 heavy (non-hydrogen) atoms. The second-order valence-corrected chi connectivity index (χ2v) is 6.63. The van der Waals surface area contributed by atoms with E-state index in [1.807, 2.05) is 33.0 Å². The first kappa shape index (κ1) is 20.7. The van der Waals surface area contributed by atoms with Gasteiger partial charge in [-0.3, -0.25) is 4.99 Å². The maximum atomic E-state index is 5.19. The van der Waals surface area contributed by atoms with Gasteiger partial charge in [-0.25, -0.2) is 4.98 Å². The van der Waals surface area contributed by atoms with Crippen molar-refractivity contribution < 1.29 is 4.74 Å². The average Bonchev–Trinajstić information content (AvgIpc) is 2.86. The largest absolute Gasteiger partial charge is 0.497 e. The standard InChI is InChI=1S/C17H24N4OS.HI/c1-12-16(23-13(2)20-12)10-19-17(18-3)21(4)11-14-6-8-15(22-5)9-7-14;/h6-9H,10-11H2,1-5H3,(H,18,19);1H. The van der Waals surface area contributed by atoms with Crippen LogP contribution in [0.2, 0.25) is 0 Å². The predicted octanol–water partition coefficient (Wildman–Crippen LogP) is 3.59. The zero-order valence-corrected chi connectivity index (χ0v) is 17.9.